The molecule has 0 aliphatic heterocycles. The fraction of sp³-hybridized carbons (Fsp3) is 0.300. The van der Waals surface area contributed by atoms with Crippen molar-refractivity contribution in [3.63, 3.8) is 0 Å². The highest BCUT2D eigenvalue weighted by Gasteiger charge is 2.20. The Labute approximate surface area is 101 Å². The van der Waals surface area contributed by atoms with Crippen molar-refractivity contribution in [1.82, 2.24) is 4.31 Å². The van der Waals surface area contributed by atoms with Crippen molar-refractivity contribution >= 4 is 21.7 Å². The molecule has 0 aromatic heterocycles. The van der Waals surface area contributed by atoms with E-state index in [2.05, 4.69) is 0 Å². The van der Waals surface area contributed by atoms with Crippen molar-refractivity contribution in [3.8, 4) is 0 Å². The van der Waals surface area contributed by atoms with Crippen LogP contribution in [0.5, 0.6) is 0 Å². The first-order valence-corrected chi connectivity index (χ1v) is 6.27. The van der Waals surface area contributed by atoms with Gasteiger partial charge in [0, 0.05) is 26.7 Å². The molecule has 17 heavy (non-hydrogen) atoms. The molecule has 94 valence electrons. The Kier molecular flexibility index (Phi) is 3.74. The number of hydrogen-bond acceptors (Lipinski definition) is 3. The number of amidine groups is 1. The SMILES string of the molecule is CN(C)S(=O)(=O)N(C)c1cccc(C(=N)N)c1. The Morgan fingerprint density at radius 2 is 1.88 bits per heavy atom. The number of nitrogens with zero attached hydrogens (tertiary/aromatic N) is 2. The van der Waals surface area contributed by atoms with E-state index in [9.17, 15) is 8.42 Å². The normalized spacial score (nSPS) is 11.5. The lowest BCUT2D eigenvalue weighted by molar-refractivity contribution is 0.519. The molecule has 0 bridgehead atoms. The lowest BCUT2D eigenvalue weighted by Crippen LogP contribution is -2.37. The van der Waals surface area contributed by atoms with Gasteiger partial charge in [-0.05, 0) is 12.1 Å². The van der Waals surface area contributed by atoms with E-state index in [4.69, 9.17) is 11.1 Å². The van der Waals surface area contributed by atoms with Crippen LogP contribution in [-0.2, 0) is 10.2 Å². The average Bonchev–Trinajstić information content (AvgIpc) is 2.27. The fourth-order valence-corrected chi connectivity index (χ4v) is 2.12. The number of anilines is 1. The van der Waals surface area contributed by atoms with Crippen LogP contribution >= 0.6 is 0 Å². The summed E-state index contributed by atoms with van der Waals surface area (Å²) in [5.74, 6) is -0.0949. The molecule has 1 aromatic carbocycles. The molecule has 3 N–H and O–H groups in total. The molecular weight excluding hydrogens is 240 g/mol. The van der Waals surface area contributed by atoms with E-state index in [-0.39, 0.29) is 5.84 Å². The Morgan fingerprint density at radius 3 is 2.35 bits per heavy atom. The number of nitrogen functional groups attached to an aromatic ring is 1. The molecule has 0 aliphatic rings. The zero-order valence-corrected chi connectivity index (χ0v) is 10.8. The van der Waals surface area contributed by atoms with Crippen molar-refractivity contribution in [2.45, 2.75) is 0 Å². The highest BCUT2D eigenvalue weighted by molar-refractivity contribution is 7.90. The van der Waals surface area contributed by atoms with E-state index in [0.29, 0.717) is 11.3 Å². The van der Waals surface area contributed by atoms with Gasteiger partial charge in [0.2, 0.25) is 0 Å². The van der Waals surface area contributed by atoms with Gasteiger partial charge in [0.1, 0.15) is 5.84 Å². The van der Waals surface area contributed by atoms with E-state index >= 15 is 0 Å². The molecule has 0 atom stereocenters. The monoisotopic (exact) mass is 256 g/mol. The largest absolute Gasteiger partial charge is 0.384 e. The smallest absolute Gasteiger partial charge is 0.303 e. The van der Waals surface area contributed by atoms with Gasteiger partial charge in [-0.15, -0.1) is 0 Å². The van der Waals surface area contributed by atoms with Crippen molar-refractivity contribution in [2.24, 2.45) is 5.73 Å². The topological polar surface area (TPSA) is 90.5 Å². The van der Waals surface area contributed by atoms with E-state index in [1.54, 1.807) is 24.3 Å². The number of nitrogens with one attached hydrogen (secondary N) is 1. The second-order valence-corrected chi connectivity index (χ2v) is 5.90. The van der Waals surface area contributed by atoms with Crippen molar-refractivity contribution in [2.75, 3.05) is 25.4 Å². The van der Waals surface area contributed by atoms with Gasteiger partial charge in [-0.3, -0.25) is 9.71 Å². The standard InChI is InChI=1S/C10H16N4O2S/c1-13(2)17(15,16)14(3)9-6-4-5-8(7-9)10(11)12/h4-7H,1-3H3,(H3,11,12). The predicted molar refractivity (Wildman–Crippen MR) is 68.5 cm³/mol. The summed E-state index contributed by atoms with van der Waals surface area (Å²) in [7, 11) is 0.854. The average molecular weight is 256 g/mol. The summed E-state index contributed by atoms with van der Waals surface area (Å²) in [4.78, 5) is 0. The van der Waals surface area contributed by atoms with Crippen LogP contribution < -0.4 is 10.0 Å². The minimum atomic E-state index is -3.52. The Balaban J connectivity index is 3.18. The first-order chi connectivity index (χ1) is 7.76. The first-order valence-electron chi connectivity index (χ1n) is 4.87. The van der Waals surface area contributed by atoms with Crippen LogP contribution in [0.25, 0.3) is 0 Å². The number of nitrogens with two attached hydrogens (primary N) is 1. The molecule has 6 nitrogen and oxygen atoms in total. The van der Waals surface area contributed by atoms with Gasteiger partial charge < -0.3 is 5.73 Å². The highest BCUT2D eigenvalue weighted by Crippen LogP contribution is 2.18. The maximum absolute atomic E-state index is 11.9. The van der Waals surface area contributed by atoms with Crippen molar-refractivity contribution in [3.05, 3.63) is 29.8 Å². The minimum Gasteiger partial charge on any atom is -0.384 e. The van der Waals surface area contributed by atoms with Crippen LogP contribution in [0.15, 0.2) is 24.3 Å². The third-order valence-corrected chi connectivity index (χ3v) is 4.15. The summed E-state index contributed by atoms with van der Waals surface area (Å²) in [6, 6.07) is 6.52. The van der Waals surface area contributed by atoms with Gasteiger partial charge in [-0.25, -0.2) is 0 Å². The third kappa shape index (κ3) is 2.75. The van der Waals surface area contributed by atoms with Crippen LogP contribution in [0.1, 0.15) is 5.56 Å². The second kappa shape index (κ2) is 4.72. The number of hydrogen-bond donors (Lipinski definition) is 2. The fourth-order valence-electron chi connectivity index (χ4n) is 1.25. The van der Waals surface area contributed by atoms with E-state index in [1.165, 1.54) is 21.1 Å². The van der Waals surface area contributed by atoms with Gasteiger partial charge in [-0.2, -0.15) is 12.7 Å². The molecule has 0 spiro atoms. The lowest BCUT2D eigenvalue weighted by atomic mass is 10.2. The van der Waals surface area contributed by atoms with Crippen molar-refractivity contribution < 1.29 is 8.42 Å². The summed E-state index contributed by atoms with van der Waals surface area (Å²) in [6.07, 6.45) is 0. The molecule has 7 heteroatoms. The van der Waals surface area contributed by atoms with Gasteiger partial charge >= 0.3 is 10.2 Å². The first kappa shape index (κ1) is 13.5. The van der Waals surface area contributed by atoms with Gasteiger partial charge in [0.05, 0.1) is 5.69 Å². The van der Waals surface area contributed by atoms with Gasteiger partial charge in [-0.1, -0.05) is 12.1 Å². The van der Waals surface area contributed by atoms with E-state index in [1.807, 2.05) is 0 Å². The Hall–Kier alpha value is -1.60. The highest BCUT2D eigenvalue weighted by atomic mass is 32.2. The second-order valence-electron chi connectivity index (χ2n) is 3.72. The summed E-state index contributed by atoms with van der Waals surface area (Å²) < 4.78 is 26.0. The molecule has 0 fully saturated rings. The van der Waals surface area contributed by atoms with E-state index in [0.717, 1.165) is 8.61 Å². The zero-order chi connectivity index (χ0) is 13.2. The van der Waals surface area contributed by atoms with Crippen LogP contribution in [0.4, 0.5) is 5.69 Å². The molecular formula is C10H16N4O2S. The summed E-state index contributed by atoms with van der Waals surface area (Å²) in [6.45, 7) is 0. The third-order valence-electron chi connectivity index (χ3n) is 2.33. The molecule has 0 saturated carbocycles. The molecule has 1 aromatic rings. The van der Waals surface area contributed by atoms with E-state index < -0.39 is 10.2 Å². The van der Waals surface area contributed by atoms with Crippen LogP contribution in [0, 0.1) is 5.41 Å². The maximum Gasteiger partial charge on any atom is 0.303 e. The molecule has 1 rings (SSSR count). The molecule has 0 heterocycles. The lowest BCUT2D eigenvalue weighted by Gasteiger charge is -2.23. The molecule has 0 unspecified atom stereocenters. The number of rotatable bonds is 4. The van der Waals surface area contributed by atoms with Crippen LogP contribution in [0.3, 0.4) is 0 Å². The van der Waals surface area contributed by atoms with Crippen molar-refractivity contribution in [1.29, 1.82) is 5.41 Å². The Morgan fingerprint density at radius 1 is 1.29 bits per heavy atom. The molecule has 0 saturated heterocycles. The van der Waals surface area contributed by atoms with Crippen LogP contribution in [0.2, 0.25) is 0 Å². The minimum absolute atomic E-state index is 0.0949. The van der Waals surface area contributed by atoms with Gasteiger partial charge in [0.25, 0.3) is 0 Å². The maximum atomic E-state index is 11.9. The summed E-state index contributed by atoms with van der Waals surface area (Å²) >= 11 is 0. The summed E-state index contributed by atoms with van der Waals surface area (Å²) in [5.41, 5.74) is 6.31. The van der Waals surface area contributed by atoms with Gasteiger partial charge in [0.15, 0.2) is 0 Å². The zero-order valence-electron chi connectivity index (χ0n) is 10.0. The predicted octanol–water partition coefficient (Wildman–Crippen LogP) is 0.213. The molecule has 0 aliphatic carbocycles. The quantitative estimate of drug-likeness (QED) is 0.596. The molecule has 0 radical (unpaired) electrons. The summed E-state index contributed by atoms with van der Waals surface area (Å²) in [5, 5.41) is 7.31. The van der Waals surface area contributed by atoms with Crippen LogP contribution in [-0.4, -0.2) is 39.7 Å². The molecule has 0 amide bonds. The Bertz CT molecular complexity index is 525. The number of benzene rings is 1.